The summed E-state index contributed by atoms with van der Waals surface area (Å²) in [5.41, 5.74) is 1.31. The van der Waals surface area contributed by atoms with E-state index in [2.05, 4.69) is 5.32 Å². The molecule has 0 radical (unpaired) electrons. The maximum absolute atomic E-state index is 13.1. The molecular weight excluding hydrogens is 351 g/mol. The summed E-state index contributed by atoms with van der Waals surface area (Å²) in [4.78, 5) is 26.7. The van der Waals surface area contributed by atoms with Crippen molar-refractivity contribution >= 4 is 11.8 Å². The minimum atomic E-state index is -0.348. The van der Waals surface area contributed by atoms with Gasteiger partial charge in [-0.05, 0) is 48.7 Å². The second-order valence-electron chi connectivity index (χ2n) is 6.55. The van der Waals surface area contributed by atoms with E-state index < -0.39 is 0 Å². The zero-order valence-corrected chi connectivity index (χ0v) is 14.6. The summed E-state index contributed by atoms with van der Waals surface area (Å²) >= 11 is 0. The molecule has 7 heteroatoms. The van der Waals surface area contributed by atoms with E-state index in [1.165, 1.54) is 12.1 Å². The molecular formula is C20H19FN2O4. The Morgan fingerprint density at radius 3 is 2.70 bits per heavy atom. The lowest BCUT2D eigenvalue weighted by Crippen LogP contribution is -2.39. The fraction of sp³-hybridized carbons (Fsp3) is 0.300. The number of carbonyl (C=O) groups excluding carboxylic acids is 2. The zero-order chi connectivity index (χ0) is 18.8. The van der Waals surface area contributed by atoms with Crippen LogP contribution in [0.4, 0.5) is 4.39 Å². The Balaban J connectivity index is 1.38. The quantitative estimate of drug-likeness (QED) is 0.899. The van der Waals surface area contributed by atoms with Crippen LogP contribution in [0.25, 0.3) is 0 Å². The van der Waals surface area contributed by atoms with Gasteiger partial charge in [0, 0.05) is 12.1 Å². The molecule has 2 heterocycles. The Labute approximate surface area is 155 Å². The number of likely N-dealkylation sites (tertiary alicyclic amines) is 1. The Kier molecular flexibility index (Phi) is 4.66. The molecule has 2 aromatic carbocycles. The first-order chi connectivity index (χ1) is 13.1. The first kappa shape index (κ1) is 17.3. The van der Waals surface area contributed by atoms with Gasteiger partial charge in [0.05, 0.1) is 12.6 Å². The normalized spacial score (nSPS) is 17.8. The zero-order valence-electron chi connectivity index (χ0n) is 14.6. The van der Waals surface area contributed by atoms with Gasteiger partial charge in [-0.3, -0.25) is 9.59 Å². The molecule has 1 N–H and O–H groups in total. The SMILES string of the molecule is O=C(NCC(=O)N1CCCC1c1ccc(F)cc1)c1ccc2c(c1)OCO2. The molecule has 2 aliphatic heterocycles. The summed E-state index contributed by atoms with van der Waals surface area (Å²) in [6.45, 7) is 0.671. The molecule has 2 aliphatic rings. The number of hydrogen-bond acceptors (Lipinski definition) is 4. The van der Waals surface area contributed by atoms with Crippen LogP contribution in [0.3, 0.4) is 0 Å². The molecule has 0 aromatic heterocycles. The van der Waals surface area contributed by atoms with Crippen LogP contribution in [0, 0.1) is 5.82 Å². The highest BCUT2D eigenvalue weighted by Gasteiger charge is 2.30. The van der Waals surface area contributed by atoms with Crippen molar-refractivity contribution in [3.63, 3.8) is 0 Å². The van der Waals surface area contributed by atoms with Crippen LogP contribution in [0.5, 0.6) is 11.5 Å². The summed E-state index contributed by atoms with van der Waals surface area (Å²) in [5.74, 6) is 0.312. The maximum atomic E-state index is 13.1. The van der Waals surface area contributed by atoms with Crippen molar-refractivity contribution in [3.05, 3.63) is 59.4 Å². The molecule has 2 amide bonds. The molecule has 27 heavy (non-hydrogen) atoms. The average Bonchev–Trinajstić information content (AvgIpc) is 3.35. The largest absolute Gasteiger partial charge is 0.454 e. The van der Waals surface area contributed by atoms with Crippen LogP contribution < -0.4 is 14.8 Å². The molecule has 6 nitrogen and oxygen atoms in total. The van der Waals surface area contributed by atoms with E-state index in [9.17, 15) is 14.0 Å². The number of carbonyl (C=O) groups is 2. The number of fused-ring (bicyclic) bond motifs is 1. The summed E-state index contributed by atoms with van der Waals surface area (Å²) in [6.07, 6.45) is 1.71. The number of amides is 2. The number of benzene rings is 2. The summed E-state index contributed by atoms with van der Waals surface area (Å²) in [5, 5.41) is 2.66. The number of hydrogen-bond donors (Lipinski definition) is 1. The molecule has 0 saturated carbocycles. The molecule has 1 unspecified atom stereocenters. The standard InChI is InChI=1S/C20H19FN2O4/c21-15-6-3-13(4-7-15)16-2-1-9-23(16)19(24)11-22-20(25)14-5-8-17-18(10-14)27-12-26-17/h3-8,10,16H,1-2,9,11-12H2,(H,22,25). The van der Waals surface area contributed by atoms with Crippen LogP contribution in [-0.4, -0.2) is 36.6 Å². The van der Waals surface area contributed by atoms with Crippen molar-refractivity contribution in [1.82, 2.24) is 10.2 Å². The van der Waals surface area contributed by atoms with E-state index in [0.717, 1.165) is 18.4 Å². The Morgan fingerprint density at radius 2 is 1.89 bits per heavy atom. The first-order valence-electron chi connectivity index (χ1n) is 8.84. The van der Waals surface area contributed by atoms with E-state index in [1.54, 1.807) is 35.2 Å². The van der Waals surface area contributed by atoms with Crippen LogP contribution in [0.2, 0.25) is 0 Å². The number of ether oxygens (including phenoxy) is 2. The fourth-order valence-corrected chi connectivity index (χ4v) is 3.49. The maximum Gasteiger partial charge on any atom is 0.251 e. The third kappa shape index (κ3) is 3.58. The first-order valence-corrected chi connectivity index (χ1v) is 8.84. The highest BCUT2D eigenvalue weighted by Crippen LogP contribution is 2.33. The highest BCUT2D eigenvalue weighted by molar-refractivity contribution is 5.97. The predicted octanol–water partition coefficient (Wildman–Crippen LogP) is 2.65. The number of halogens is 1. The van der Waals surface area contributed by atoms with Gasteiger partial charge in [0.25, 0.3) is 5.91 Å². The third-order valence-corrected chi connectivity index (χ3v) is 4.86. The molecule has 1 fully saturated rings. The fourth-order valence-electron chi connectivity index (χ4n) is 3.49. The lowest BCUT2D eigenvalue weighted by Gasteiger charge is -2.25. The summed E-state index contributed by atoms with van der Waals surface area (Å²) in [6, 6.07) is 11.0. The van der Waals surface area contributed by atoms with Gasteiger partial charge in [0.1, 0.15) is 5.82 Å². The Hall–Kier alpha value is -3.09. The number of nitrogens with zero attached hydrogens (tertiary/aromatic N) is 1. The Bertz CT molecular complexity index is 869. The van der Waals surface area contributed by atoms with Crippen molar-refractivity contribution in [3.8, 4) is 11.5 Å². The molecule has 0 bridgehead atoms. The third-order valence-electron chi connectivity index (χ3n) is 4.86. The molecule has 1 atom stereocenters. The van der Waals surface area contributed by atoms with Gasteiger partial charge in [-0.2, -0.15) is 0 Å². The highest BCUT2D eigenvalue weighted by atomic mass is 19.1. The minimum absolute atomic E-state index is 0.0828. The smallest absolute Gasteiger partial charge is 0.251 e. The molecule has 1 saturated heterocycles. The van der Waals surface area contributed by atoms with Gasteiger partial charge >= 0.3 is 0 Å². The van der Waals surface area contributed by atoms with E-state index in [1.807, 2.05) is 0 Å². The lowest BCUT2D eigenvalue weighted by molar-refractivity contribution is -0.131. The van der Waals surface area contributed by atoms with Gasteiger partial charge in [-0.1, -0.05) is 12.1 Å². The van der Waals surface area contributed by atoms with Gasteiger partial charge in [0.15, 0.2) is 11.5 Å². The van der Waals surface area contributed by atoms with Gasteiger partial charge in [-0.15, -0.1) is 0 Å². The van der Waals surface area contributed by atoms with Crippen LogP contribution in [0.1, 0.15) is 34.8 Å². The van der Waals surface area contributed by atoms with E-state index >= 15 is 0 Å². The molecule has 4 rings (SSSR count). The van der Waals surface area contributed by atoms with Gasteiger partial charge in [0.2, 0.25) is 12.7 Å². The molecule has 0 aliphatic carbocycles. The summed E-state index contributed by atoms with van der Waals surface area (Å²) in [7, 11) is 0. The van der Waals surface area contributed by atoms with E-state index in [-0.39, 0.29) is 37.0 Å². The second kappa shape index (κ2) is 7.26. The molecule has 140 valence electrons. The molecule has 0 spiro atoms. The summed E-state index contributed by atoms with van der Waals surface area (Å²) < 4.78 is 23.6. The monoisotopic (exact) mass is 370 g/mol. The van der Waals surface area contributed by atoms with Crippen molar-refractivity contribution in [2.75, 3.05) is 19.9 Å². The van der Waals surface area contributed by atoms with Crippen LogP contribution >= 0.6 is 0 Å². The number of rotatable bonds is 4. The van der Waals surface area contributed by atoms with Crippen molar-refractivity contribution in [2.24, 2.45) is 0 Å². The second-order valence-corrected chi connectivity index (χ2v) is 6.55. The minimum Gasteiger partial charge on any atom is -0.454 e. The molecule has 2 aromatic rings. The topological polar surface area (TPSA) is 67.9 Å². The van der Waals surface area contributed by atoms with Crippen molar-refractivity contribution < 1.29 is 23.5 Å². The average molecular weight is 370 g/mol. The Morgan fingerprint density at radius 1 is 1.11 bits per heavy atom. The van der Waals surface area contributed by atoms with Crippen LogP contribution in [-0.2, 0) is 4.79 Å². The van der Waals surface area contributed by atoms with E-state index in [0.29, 0.717) is 23.6 Å². The number of nitrogens with one attached hydrogen (secondary N) is 1. The van der Waals surface area contributed by atoms with E-state index in [4.69, 9.17) is 9.47 Å². The lowest BCUT2D eigenvalue weighted by atomic mass is 10.0. The van der Waals surface area contributed by atoms with Crippen molar-refractivity contribution in [1.29, 1.82) is 0 Å². The van der Waals surface area contributed by atoms with Gasteiger partial charge < -0.3 is 19.7 Å². The van der Waals surface area contributed by atoms with Crippen LogP contribution in [0.15, 0.2) is 42.5 Å². The van der Waals surface area contributed by atoms with Crippen molar-refractivity contribution in [2.45, 2.75) is 18.9 Å². The van der Waals surface area contributed by atoms with Gasteiger partial charge in [-0.25, -0.2) is 4.39 Å². The predicted molar refractivity (Wildman–Crippen MR) is 95.0 cm³/mol.